The summed E-state index contributed by atoms with van der Waals surface area (Å²) in [5.74, 6) is -1.23. The van der Waals surface area contributed by atoms with Crippen LogP contribution in [-0.2, 0) is 13.6 Å². The number of nitrogens with zero attached hydrogens (tertiary/aromatic N) is 4. The van der Waals surface area contributed by atoms with Crippen LogP contribution in [0.3, 0.4) is 0 Å². The number of nitrogens with one attached hydrogen (secondary N) is 1. The second kappa shape index (κ2) is 7.07. The lowest BCUT2D eigenvalue weighted by Crippen LogP contribution is -2.26. The Balaban J connectivity index is 1.59. The Labute approximate surface area is 159 Å². The normalized spacial score (nSPS) is 10.9. The number of hydrogen-bond donors (Lipinski definition) is 1. The van der Waals surface area contributed by atoms with E-state index in [9.17, 15) is 14.0 Å². The van der Waals surface area contributed by atoms with Crippen molar-refractivity contribution in [2.45, 2.75) is 6.54 Å². The zero-order chi connectivity index (χ0) is 19.7. The quantitative estimate of drug-likeness (QED) is 0.593. The average Bonchev–Trinajstić information content (AvgIpc) is 3.12. The van der Waals surface area contributed by atoms with Crippen LogP contribution in [0, 0.1) is 5.82 Å². The number of rotatable bonds is 4. The molecule has 2 aromatic carbocycles. The molecule has 0 spiro atoms. The number of carbonyl (C=O) groups is 1. The minimum atomic E-state index is -0.675. The number of halogens is 1. The lowest BCUT2D eigenvalue weighted by atomic mass is 10.2. The molecule has 1 N–H and O–H groups in total. The maximum absolute atomic E-state index is 13.5. The molecule has 1 amide bonds. The third-order valence-corrected chi connectivity index (χ3v) is 4.31. The van der Waals surface area contributed by atoms with Gasteiger partial charge in [-0.05, 0) is 23.8 Å². The van der Waals surface area contributed by atoms with Crippen molar-refractivity contribution in [1.82, 2.24) is 19.6 Å². The van der Waals surface area contributed by atoms with Crippen LogP contribution in [0.15, 0.2) is 65.7 Å². The van der Waals surface area contributed by atoms with Crippen molar-refractivity contribution in [3.8, 4) is 0 Å². The molecule has 8 heteroatoms. The summed E-state index contributed by atoms with van der Waals surface area (Å²) in [6, 6.07) is 13.6. The third-order valence-electron chi connectivity index (χ3n) is 4.31. The standard InChI is InChI=1S/C20H16FN5O2/c1-25-17-8-7-14(21)9-16(17)19(27)18(24-25)20(28)23-15-10-22-26(12-15)11-13-5-3-2-4-6-13/h2-10,12H,11H2,1H3,(H,23,28). The highest BCUT2D eigenvalue weighted by atomic mass is 19.1. The van der Waals surface area contributed by atoms with E-state index in [1.807, 2.05) is 30.3 Å². The first-order valence-electron chi connectivity index (χ1n) is 8.55. The Morgan fingerprint density at radius 2 is 1.96 bits per heavy atom. The Bertz CT molecular complexity index is 1230. The predicted octanol–water partition coefficient (Wildman–Crippen LogP) is 2.57. The van der Waals surface area contributed by atoms with Gasteiger partial charge < -0.3 is 5.32 Å². The Morgan fingerprint density at radius 1 is 1.18 bits per heavy atom. The summed E-state index contributed by atoms with van der Waals surface area (Å²) >= 11 is 0. The number of aryl methyl sites for hydroxylation is 1. The molecule has 0 atom stereocenters. The van der Waals surface area contributed by atoms with E-state index in [1.54, 1.807) is 17.9 Å². The van der Waals surface area contributed by atoms with E-state index in [1.165, 1.54) is 23.0 Å². The summed E-state index contributed by atoms with van der Waals surface area (Å²) in [5, 5.41) is 11.0. The molecule has 4 aromatic rings. The first kappa shape index (κ1) is 17.6. The van der Waals surface area contributed by atoms with Gasteiger partial charge in [-0.1, -0.05) is 30.3 Å². The molecule has 0 unspecified atom stereocenters. The molecule has 2 aromatic heterocycles. The summed E-state index contributed by atoms with van der Waals surface area (Å²) in [5.41, 5.74) is 1.01. The van der Waals surface area contributed by atoms with Gasteiger partial charge in [-0.2, -0.15) is 10.2 Å². The number of aromatic nitrogens is 4. The van der Waals surface area contributed by atoms with E-state index in [2.05, 4.69) is 15.5 Å². The third kappa shape index (κ3) is 3.39. The molecule has 0 saturated heterocycles. The maximum atomic E-state index is 13.5. The molecule has 0 aliphatic heterocycles. The van der Waals surface area contributed by atoms with Gasteiger partial charge in [-0.15, -0.1) is 0 Å². The van der Waals surface area contributed by atoms with Crippen LogP contribution < -0.4 is 10.7 Å². The zero-order valence-electron chi connectivity index (χ0n) is 15.0. The molecule has 0 radical (unpaired) electrons. The monoisotopic (exact) mass is 377 g/mol. The Kier molecular flexibility index (Phi) is 4.44. The van der Waals surface area contributed by atoms with Gasteiger partial charge in [0.05, 0.1) is 29.3 Å². The topological polar surface area (TPSA) is 81.8 Å². The van der Waals surface area contributed by atoms with Crippen molar-refractivity contribution >= 4 is 22.5 Å². The van der Waals surface area contributed by atoms with Crippen LogP contribution in [0.1, 0.15) is 16.1 Å². The molecule has 0 aliphatic carbocycles. The average molecular weight is 377 g/mol. The van der Waals surface area contributed by atoms with Crippen LogP contribution in [0.2, 0.25) is 0 Å². The largest absolute Gasteiger partial charge is 0.318 e. The fourth-order valence-electron chi connectivity index (χ4n) is 2.97. The number of amides is 1. The molecular formula is C20H16FN5O2. The zero-order valence-corrected chi connectivity index (χ0v) is 15.0. The van der Waals surface area contributed by atoms with E-state index in [0.29, 0.717) is 17.7 Å². The number of fused-ring (bicyclic) bond motifs is 1. The van der Waals surface area contributed by atoms with Crippen LogP contribution in [0.4, 0.5) is 10.1 Å². The predicted molar refractivity (Wildman–Crippen MR) is 103 cm³/mol. The Hall–Kier alpha value is -3.81. The van der Waals surface area contributed by atoms with Gasteiger partial charge in [0.2, 0.25) is 5.43 Å². The van der Waals surface area contributed by atoms with E-state index >= 15 is 0 Å². The van der Waals surface area contributed by atoms with Crippen molar-refractivity contribution < 1.29 is 9.18 Å². The van der Waals surface area contributed by atoms with Gasteiger partial charge in [0, 0.05) is 13.2 Å². The fourth-order valence-corrected chi connectivity index (χ4v) is 2.97. The second-order valence-electron chi connectivity index (χ2n) is 6.33. The van der Waals surface area contributed by atoms with E-state index in [0.717, 1.165) is 11.6 Å². The molecule has 2 heterocycles. The fraction of sp³-hybridized carbons (Fsp3) is 0.100. The number of hydrogen-bond acceptors (Lipinski definition) is 4. The molecular weight excluding hydrogens is 361 g/mol. The Morgan fingerprint density at radius 3 is 2.75 bits per heavy atom. The highest BCUT2D eigenvalue weighted by Crippen LogP contribution is 2.13. The van der Waals surface area contributed by atoms with Gasteiger partial charge in [-0.3, -0.25) is 19.0 Å². The van der Waals surface area contributed by atoms with E-state index in [4.69, 9.17) is 0 Å². The minimum absolute atomic E-state index is 0.0995. The van der Waals surface area contributed by atoms with Crippen LogP contribution in [0.5, 0.6) is 0 Å². The summed E-state index contributed by atoms with van der Waals surface area (Å²) in [6.45, 7) is 0.548. The van der Waals surface area contributed by atoms with Gasteiger partial charge in [0.1, 0.15) is 5.82 Å². The second-order valence-corrected chi connectivity index (χ2v) is 6.33. The molecule has 0 aliphatic rings. The molecule has 0 saturated carbocycles. The molecule has 0 fully saturated rings. The van der Waals surface area contributed by atoms with Crippen LogP contribution >= 0.6 is 0 Å². The first-order chi connectivity index (χ1) is 13.5. The number of anilines is 1. The van der Waals surface area contributed by atoms with Gasteiger partial charge in [0.15, 0.2) is 5.69 Å². The van der Waals surface area contributed by atoms with Crippen molar-refractivity contribution in [3.05, 3.63) is 88.2 Å². The minimum Gasteiger partial charge on any atom is -0.318 e. The lowest BCUT2D eigenvalue weighted by molar-refractivity contribution is 0.101. The molecule has 0 bridgehead atoms. The summed E-state index contributed by atoms with van der Waals surface area (Å²) < 4.78 is 16.6. The van der Waals surface area contributed by atoms with E-state index < -0.39 is 17.2 Å². The SMILES string of the molecule is Cn1nc(C(=O)Nc2cnn(Cc3ccccc3)c2)c(=O)c2cc(F)ccc21. The van der Waals surface area contributed by atoms with Crippen LogP contribution in [0.25, 0.3) is 10.9 Å². The van der Waals surface area contributed by atoms with Gasteiger partial charge in [0.25, 0.3) is 5.91 Å². The summed E-state index contributed by atoms with van der Waals surface area (Å²) in [6.07, 6.45) is 3.15. The van der Waals surface area contributed by atoms with Crippen molar-refractivity contribution in [2.24, 2.45) is 7.05 Å². The highest BCUT2D eigenvalue weighted by molar-refractivity contribution is 6.04. The number of carbonyl (C=O) groups excluding carboxylic acids is 1. The smallest absolute Gasteiger partial charge is 0.280 e. The van der Waals surface area contributed by atoms with Crippen molar-refractivity contribution in [2.75, 3.05) is 5.32 Å². The molecule has 7 nitrogen and oxygen atoms in total. The molecule has 4 rings (SSSR count). The van der Waals surface area contributed by atoms with E-state index in [-0.39, 0.29) is 11.1 Å². The van der Waals surface area contributed by atoms with Crippen LogP contribution in [-0.4, -0.2) is 25.5 Å². The summed E-state index contributed by atoms with van der Waals surface area (Å²) in [4.78, 5) is 25.2. The molecule has 28 heavy (non-hydrogen) atoms. The lowest BCUT2D eigenvalue weighted by Gasteiger charge is -2.07. The van der Waals surface area contributed by atoms with Crippen molar-refractivity contribution in [1.29, 1.82) is 0 Å². The summed E-state index contributed by atoms with van der Waals surface area (Å²) in [7, 11) is 1.59. The van der Waals surface area contributed by atoms with Gasteiger partial charge >= 0.3 is 0 Å². The maximum Gasteiger partial charge on any atom is 0.280 e. The van der Waals surface area contributed by atoms with Crippen molar-refractivity contribution in [3.63, 3.8) is 0 Å². The first-order valence-corrected chi connectivity index (χ1v) is 8.55. The highest BCUT2D eigenvalue weighted by Gasteiger charge is 2.17. The van der Waals surface area contributed by atoms with Gasteiger partial charge in [-0.25, -0.2) is 4.39 Å². The molecule has 140 valence electrons. The number of benzene rings is 2.